The second-order valence-corrected chi connectivity index (χ2v) is 11.3. The first kappa shape index (κ1) is 26.3. The van der Waals surface area contributed by atoms with Crippen LogP contribution in [0.3, 0.4) is 0 Å². The Bertz CT molecular complexity index is 951. The van der Waals surface area contributed by atoms with Crippen molar-refractivity contribution in [2.45, 2.75) is 63.8 Å². The molecule has 0 amide bonds. The number of carbonyl (C=O) groups excluding carboxylic acids is 2. The van der Waals surface area contributed by atoms with Gasteiger partial charge in [-0.25, -0.2) is 8.96 Å². The maximum absolute atomic E-state index is 16.9. The van der Waals surface area contributed by atoms with E-state index >= 15 is 4.39 Å². The van der Waals surface area contributed by atoms with Gasteiger partial charge in [-0.05, 0) is 56.6 Å². The lowest BCUT2D eigenvalue weighted by molar-refractivity contribution is -0.219. The summed E-state index contributed by atoms with van der Waals surface area (Å²) in [6.45, 7) is 4.48. The van der Waals surface area contributed by atoms with Gasteiger partial charge in [-0.2, -0.15) is 0 Å². The number of ketones is 2. The zero-order valence-electron chi connectivity index (χ0n) is 18.8. The van der Waals surface area contributed by atoms with Gasteiger partial charge in [0.1, 0.15) is 12.2 Å². The summed E-state index contributed by atoms with van der Waals surface area (Å²) < 4.78 is 25.7. The first-order valence-corrected chi connectivity index (χ1v) is 12.5. The average Bonchev–Trinajstić information content (AvgIpc) is 2.89. The van der Waals surface area contributed by atoms with Crippen molar-refractivity contribution in [2.24, 2.45) is 28.6 Å². The Hall–Kier alpha value is -1.26. The first-order chi connectivity index (χ1) is 15.0. The molecular weight excluding hydrogens is 458 g/mol. The Morgan fingerprint density at radius 2 is 1.82 bits per heavy atom. The molecule has 0 radical (unpaired) electrons. The van der Waals surface area contributed by atoms with Crippen LogP contribution in [0.4, 0.5) is 4.39 Å². The normalized spacial score (nSPS) is 46.4. The molecule has 4 rings (SSSR count). The molecule has 0 aromatic heterocycles. The predicted molar refractivity (Wildman–Crippen MR) is 114 cm³/mol. The molecule has 0 spiro atoms. The highest BCUT2D eigenvalue weighted by molar-refractivity contribution is 7.45. The van der Waals surface area contributed by atoms with Gasteiger partial charge in [-0.1, -0.05) is 25.5 Å². The molecule has 0 aliphatic heterocycles. The van der Waals surface area contributed by atoms with Gasteiger partial charge < -0.3 is 30.0 Å². The third-order valence-electron chi connectivity index (χ3n) is 8.79. The molecule has 0 aromatic rings. The quantitative estimate of drug-likeness (QED) is 0.308. The van der Waals surface area contributed by atoms with Gasteiger partial charge in [0.05, 0.1) is 6.10 Å². The number of allylic oxidation sites excluding steroid dienone is 4. The molecule has 4 aliphatic carbocycles. The van der Waals surface area contributed by atoms with E-state index in [2.05, 4.69) is 0 Å². The number of hydrogen-bond donors (Lipinski definition) is 6. The molecule has 3 fully saturated rings. The van der Waals surface area contributed by atoms with Gasteiger partial charge in [0.25, 0.3) is 0 Å². The van der Waals surface area contributed by atoms with Crippen molar-refractivity contribution >= 4 is 19.4 Å². The fourth-order valence-electron chi connectivity index (χ4n) is 7.26. The lowest BCUT2D eigenvalue weighted by Gasteiger charge is -2.62. The average molecular weight is 490 g/mol. The van der Waals surface area contributed by atoms with Crippen molar-refractivity contribution < 1.29 is 48.5 Å². The minimum atomic E-state index is -4.64. The van der Waals surface area contributed by atoms with Crippen LogP contribution in [0.5, 0.6) is 0 Å². The topological polar surface area (TPSA) is 173 Å². The van der Waals surface area contributed by atoms with Crippen LogP contribution in [0, 0.1) is 28.6 Å². The van der Waals surface area contributed by atoms with Crippen molar-refractivity contribution in [1.82, 2.24) is 0 Å². The van der Waals surface area contributed by atoms with Crippen LogP contribution in [-0.2, 0) is 14.2 Å². The summed E-state index contributed by atoms with van der Waals surface area (Å²) in [6.07, 6.45) is 4.44. The van der Waals surface area contributed by atoms with Gasteiger partial charge >= 0.3 is 7.82 Å². The molecule has 186 valence electrons. The Balaban J connectivity index is 0.000000555. The predicted octanol–water partition coefficient (Wildman–Crippen LogP) is 0.967. The minimum absolute atomic E-state index is 0.0676. The number of hydrogen-bond acceptors (Lipinski definition) is 6. The van der Waals surface area contributed by atoms with E-state index in [1.165, 1.54) is 12.2 Å². The van der Waals surface area contributed by atoms with Crippen LogP contribution in [0.1, 0.15) is 46.5 Å². The van der Waals surface area contributed by atoms with Crippen LogP contribution in [0.2, 0.25) is 0 Å². The molecule has 0 heterocycles. The van der Waals surface area contributed by atoms with E-state index in [4.69, 9.17) is 19.2 Å². The van der Waals surface area contributed by atoms with Crippen molar-refractivity contribution in [3.8, 4) is 0 Å². The largest absolute Gasteiger partial charge is 0.466 e. The standard InChI is InChI=1S/C22H29FO5.H3O4P/c1-12-8-16-15-5-4-13-9-14(25)6-7-19(13,2)21(15,23)17(26)10-20(16,3)22(12,28)18(27)11-24;1-5(2,3)4/h6-7,9,12,15-17,24,26,28H,4-5,8,10-11H2,1-3H3;(H3,1,2,3,4)/t12-,15+,16+,17+,19+,20+,21+,22+;/m1./s1. The number of aliphatic hydroxyl groups is 3. The molecule has 8 atom stereocenters. The molecule has 9 nitrogen and oxygen atoms in total. The fraction of sp³-hybridized carbons (Fsp3) is 0.727. The van der Waals surface area contributed by atoms with Crippen LogP contribution in [0.25, 0.3) is 0 Å². The van der Waals surface area contributed by atoms with E-state index < -0.39 is 60.3 Å². The minimum Gasteiger partial charge on any atom is -0.390 e. The third-order valence-corrected chi connectivity index (χ3v) is 8.79. The van der Waals surface area contributed by atoms with Gasteiger partial charge in [0, 0.05) is 16.7 Å². The maximum atomic E-state index is 16.9. The molecule has 3 saturated carbocycles. The van der Waals surface area contributed by atoms with Gasteiger partial charge in [-0.3, -0.25) is 9.59 Å². The number of carbonyl (C=O) groups is 2. The van der Waals surface area contributed by atoms with Crippen molar-refractivity contribution in [1.29, 1.82) is 0 Å². The number of fused-ring (bicyclic) bond motifs is 5. The zero-order valence-corrected chi connectivity index (χ0v) is 19.7. The number of alkyl halides is 1. The molecule has 33 heavy (non-hydrogen) atoms. The summed E-state index contributed by atoms with van der Waals surface area (Å²) in [7, 11) is -4.64. The Morgan fingerprint density at radius 3 is 2.36 bits per heavy atom. The molecule has 6 N–H and O–H groups in total. The highest BCUT2D eigenvalue weighted by Gasteiger charge is 2.75. The van der Waals surface area contributed by atoms with E-state index in [9.17, 15) is 24.9 Å². The fourth-order valence-corrected chi connectivity index (χ4v) is 7.26. The molecule has 0 saturated heterocycles. The number of rotatable bonds is 2. The number of halogens is 1. The molecule has 0 bridgehead atoms. The smallest absolute Gasteiger partial charge is 0.390 e. The molecule has 0 aromatic carbocycles. The summed E-state index contributed by atoms with van der Waals surface area (Å²) in [5.41, 5.74) is -5.17. The van der Waals surface area contributed by atoms with Gasteiger partial charge in [0.15, 0.2) is 17.2 Å². The van der Waals surface area contributed by atoms with Gasteiger partial charge in [0.2, 0.25) is 0 Å². The van der Waals surface area contributed by atoms with Crippen molar-refractivity contribution in [2.75, 3.05) is 6.61 Å². The SMILES string of the molecule is C[C@@H]1C[C@H]2[C@@H]3CCC4=CC(=O)C=C[C@]4(C)[C@@]3(F)[C@@H](O)C[C@]2(C)[C@@]1(O)C(=O)CO.O=P(O)(O)O. The Labute approximate surface area is 191 Å². The molecule has 11 heteroatoms. The summed E-state index contributed by atoms with van der Waals surface area (Å²) >= 11 is 0. The Morgan fingerprint density at radius 1 is 1.24 bits per heavy atom. The van der Waals surface area contributed by atoms with Crippen molar-refractivity contribution in [3.63, 3.8) is 0 Å². The van der Waals surface area contributed by atoms with Crippen LogP contribution in [0.15, 0.2) is 23.8 Å². The van der Waals surface area contributed by atoms with Crippen LogP contribution >= 0.6 is 7.82 Å². The number of Topliss-reactive ketones (excluding diaryl/α,β-unsaturated/α-hetero) is 1. The van der Waals surface area contributed by atoms with E-state index in [1.807, 2.05) is 0 Å². The third kappa shape index (κ3) is 3.71. The highest BCUT2D eigenvalue weighted by Crippen LogP contribution is 2.70. The summed E-state index contributed by atoms with van der Waals surface area (Å²) in [5.74, 6) is -2.12. The first-order valence-electron chi connectivity index (χ1n) is 10.9. The Kier molecular flexibility index (Phi) is 6.51. The zero-order chi connectivity index (χ0) is 25.2. The number of phosphoric acid groups is 1. The van der Waals surface area contributed by atoms with E-state index in [-0.39, 0.29) is 18.1 Å². The maximum Gasteiger partial charge on any atom is 0.466 e. The number of aliphatic hydroxyl groups excluding tert-OH is 2. The van der Waals surface area contributed by atoms with Crippen molar-refractivity contribution in [3.05, 3.63) is 23.8 Å². The summed E-state index contributed by atoms with van der Waals surface area (Å²) in [4.78, 5) is 45.9. The van der Waals surface area contributed by atoms with E-state index in [1.54, 1.807) is 26.8 Å². The molecule has 0 unspecified atom stereocenters. The lowest BCUT2D eigenvalue weighted by atomic mass is 9.44. The highest BCUT2D eigenvalue weighted by atomic mass is 31.2. The molecular formula is C22H32FO9P. The van der Waals surface area contributed by atoms with Gasteiger partial charge in [-0.15, -0.1) is 0 Å². The van der Waals surface area contributed by atoms with E-state index in [0.29, 0.717) is 24.8 Å². The summed E-state index contributed by atoms with van der Waals surface area (Å²) in [5, 5.41) is 32.0. The molecule has 4 aliphatic rings. The summed E-state index contributed by atoms with van der Waals surface area (Å²) in [6, 6.07) is 0. The lowest BCUT2D eigenvalue weighted by Crippen LogP contribution is -2.69. The monoisotopic (exact) mass is 490 g/mol. The van der Waals surface area contributed by atoms with E-state index in [0.717, 1.165) is 0 Å². The van der Waals surface area contributed by atoms with Crippen LogP contribution < -0.4 is 0 Å². The second kappa shape index (κ2) is 8.16. The van der Waals surface area contributed by atoms with Crippen LogP contribution in [-0.4, -0.2) is 65.5 Å². The second-order valence-electron chi connectivity index (χ2n) is 10.3.